The standard InChI is InChI=1S/C39H28N6/c1-7-19-31-25(13-1)26-14-2-8-20-32(26)43(31)37-40-38(44-33-21-9-3-15-27(33)28-16-4-10-22-34(28)44)42-39(41-37)45-35-23-11-5-17-29(35)30-18-6-12-24-36(30)45/h1-24,37-38,40H,(H,41,42). The van der Waals surface area contributed by atoms with Crippen LogP contribution in [0.2, 0.25) is 0 Å². The van der Waals surface area contributed by atoms with E-state index in [0.29, 0.717) is 0 Å². The molecule has 3 aromatic heterocycles. The van der Waals surface area contributed by atoms with Gasteiger partial charge in [-0.3, -0.25) is 4.57 Å². The molecule has 6 aromatic carbocycles. The molecule has 2 N–H and O–H groups in total. The van der Waals surface area contributed by atoms with E-state index >= 15 is 0 Å². The normalized spacial score (nSPS) is 17.1. The van der Waals surface area contributed by atoms with Crippen LogP contribution in [0.4, 0.5) is 0 Å². The summed E-state index contributed by atoms with van der Waals surface area (Å²) < 4.78 is 7.02. The molecular weight excluding hydrogens is 552 g/mol. The summed E-state index contributed by atoms with van der Waals surface area (Å²) in [5, 5.41) is 15.1. The molecule has 0 amide bonds. The number of rotatable bonds is 2. The fraction of sp³-hybridized carbons (Fsp3) is 0.0513. The smallest absolute Gasteiger partial charge is 0.209 e. The van der Waals surface area contributed by atoms with E-state index in [4.69, 9.17) is 4.99 Å². The van der Waals surface area contributed by atoms with Gasteiger partial charge in [0.2, 0.25) is 5.96 Å². The molecule has 1 aliphatic heterocycles. The van der Waals surface area contributed by atoms with Gasteiger partial charge in [0.1, 0.15) is 0 Å². The second kappa shape index (κ2) is 9.32. The Labute approximate surface area is 258 Å². The van der Waals surface area contributed by atoms with Crippen molar-refractivity contribution < 1.29 is 0 Å². The second-order valence-corrected chi connectivity index (χ2v) is 11.7. The predicted molar refractivity (Wildman–Crippen MR) is 186 cm³/mol. The number of aliphatic imine (C=N–C) groups is 1. The van der Waals surface area contributed by atoms with Gasteiger partial charge in [-0.05, 0) is 36.4 Å². The van der Waals surface area contributed by atoms with Crippen molar-refractivity contribution in [3.63, 3.8) is 0 Å². The first-order chi connectivity index (χ1) is 22.3. The van der Waals surface area contributed by atoms with E-state index < -0.39 is 6.29 Å². The summed E-state index contributed by atoms with van der Waals surface area (Å²) >= 11 is 0. The largest absolute Gasteiger partial charge is 0.322 e. The molecule has 0 saturated carbocycles. The summed E-state index contributed by atoms with van der Waals surface area (Å²) in [5.74, 6) is 0.796. The predicted octanol–water partition coefficient (Wildman–Crippen LogP) is 8.72. The van der Waals surface area contributed by atoms with Crippen molar-refractivity contribution in [3.05, 3.63) is 146 Å². The highest BCUT2D eigenvalue weighted by atomic mass is 15.5. The summed E-state index contributed by atoms with van der Waals surface area (Å²) in [6, 6.07) is 51.8. The Morgan fingerprint density at radius 1 is 0.400 bits per heavy atom. The van der Waals surface area contributed by atoms with Crippen LogP contribution in [-0.2, 0) is 0 Å². The van der Waals surface area contributed by atoms with Gasteiger partial charge in [-0.1, -0.05) is 109 Å². The molecule has 4 heterocycles. The molecule has 9 aromatic rings. The van der Waals surface area contributed by atoms with Gasteiger partial charge in [0.05, 0.1) is 33.1 Å². The number of hydrogen-bond donors (Lipinski definition) is 2. The highest BCUT2D eigenvalue weighted by Gasteiger charge is 2.30. The third kappa shape index (κ3) is 3.45. The minimum Gasteiger partial charge on any atom is -0.322 e. The van der Waals surface area contributed by atoms with Crippen LogP contribution in [0.3, 0.4) is 0 Å². The zero-order valence-corrected chi connectivity index (χ0v) is 24.3. The zero-order valence-electron chi connectivity index (χ0n) is 24.3. The van der Waals surface area contributed by atoms with Crippen LogP contribution in [0, 0.1) is 0 Å². The van der Waals surface area contributed by atoms with Gasteiger partial charge in [-0.15, -0.1) is 0 Å². The van der Waals surface area contributed by atoms with Gasteiger partial charge in [-0.25, -0.2) is 10.3 Å². The average molecular weight is 581 g/mol. The van der Waals surface area contributed by atoms with Gasteiger partial charge < -0.3 is 14.5 Å². The van der Waals surface area contributed by atoms with Gasteiger partial charge in [0.25, 0.3) is 0 Å². The van der Waals surface area contributed by atoms with Crippen LogP contribution in [0.15, 0.2) is 151 Å². The zero-order chi connectivity index (χ0) is 29.5. The minimum absolute atomic E-state index is 0.299. The number of nitrogens with one attached hydrogen (secondary N) is 2. The molecule has 0 fully saturated rings. The lowest BCUT2D eigenvalue weighted by molar-refractivity contribution is 0.279. The molecule has 0 spiro atoms. The molecule has 214 valence electrons. The minimum atomic E-state index is -0.393. The topological polar surface area (TPSA) is 51.2 Å². The van der Waals surface area contributed by atoms with Crippen LogP contribution in [0.25, 0.3) is 65.4 Å². The number of benzene rings is 6. The number of para-hydroxylation sites is 6. The van der Waals surface area contributed by atoms with Crippen LogP contribution in [0.5, 0.6) is 0 Å². The van der Waals surface area contributed by atoms with E-state index in [1.807, 2.05) is 0 Å². The molecule has 2 unspecified atom stereocenters. The first-order valence-corrected chi connectivity index (χ1v) is 15.4. The molecule has 2 atom stereocenters. The molecule has 6 nitrogen and oxygen atoms in total. The van der Waals surface area contributed by atoms with Crippen molar-refractivity contribution in [1.82, 2.24) is 24.3 Å². The van der Waals surface area contributed by atoms with E-state index in [-0.39, 0.29) is 6.29 Å². The second-order valence-electron chi connectivity index (χ2n) is 11.7. The van der Waals surface area contributed by atoms with Crippen molar-refractivity contribution >= 4 is 71.4 Å². The first-order valence-electron chi connectivity index (χ1n) is 15.4. The quantitative estimate of drug-likeness (QED) is 0.215. The Bertz CT molecular complexity index is 2470. The number of nitrogens with zero attached hydrogens (tertiary/aromatic N) is 4. The Kier molecular flexibility index (Phi) is 5.09. The number of aromatic nitrogens is 3. The molecular formula is C39H28N6. The molecule has 0 saturated heterocycles. The van der Waals surface area contributed by atoms with E-state index in [9.17, 15) is 0 Å². The lowest BCUT2D eigenvalue weighted by Gasteiger charge is -2.34. The summed E-state index contributed by atoms with van der Waals surface area (Å²) in [6.45, 7) is 0. The Morgan fingerprint density at radius 3 is 1.16 bits per heavy atom. The summed E-state index contributed by atoms with van der Waals surface area (Å²) in [5.41, 5.74) is 6.85. The third-order valence-electron chi connectivity index (χ3n) is 9.35. The monoisotopic (exact) mass is 580 g/mol. The molecule has 1 aliphatic rings. The highest BCUT2D eigenvalue weighted by Crippen LogP contribution is 2.36. The Balaban J connectivity index is 1.28. The van der Waals surface area contributed by atoms with Crippen molar-refractivity contribution in [2.75, 3.05) is 0 Å². The molecule has 10 rings (SSSR count). The molecule has 0 radical (unpaired) electrons. The van der Waals surface area contributed by atoms with Crippen molar-refractivity contribution in [3.8, 4) is 0 Å². The molecule has 6 heteroatoms. The van der Waals surface area contributed by atoms with E-state index in [1.165, 1.54) is 32.3 Å². The van der Waals surface area contributed by atoms with E-state index in [1.54, 1.807) is 0 Å². The lowest BCUT2D eigenvalue weighted by atomic mass is 10.2. The van der Waals surface area contributed by atoms with Crippen LogP contribution >= 0.6 is 0 Å². The maximum Gasteiger partial charge on any atom is 0.209 e. The van der Waals surface area contributed by atoms with Gasteiger partial charge in [0, 0.05) is 32.3 Å². The summed E-state index contributed by atoms with van der Waals surface area (Å²) in [6.07, 6.45) is -0.692. The van der Waals surface area contributed by atoms with Crippen molar-refractivity contribution in [2.24, 2.45) is 4.99 Å². The molecule has 45 heavy (non-hydrogen) atoms. The SMILES string of the molecule is c1ccc2c(c1)c1ccccc1n2C1=NC(n2c3ccccc3c3ccccc32)NC(n2c3ccccc3c3ccccc32)N1. The lowest BCUT2D eigenvalue weighted by Crippen LogP contribution is -2.50. The number of hydrogen-bond acceptors (Lipinski definition) is 3. The Hall–Kier alpha value is -5.85. The highest BCUT2D eigenvalue weighted by molar-refractivity contribution is 6.14. The maximum atomic E-state index is 5.49. The van der Waals surface area contributed by atoms with Crippen LogP contribution < -0.4 is 10.6 Å². The van der Waals surface area contributed by atoms with Gasteiger partial charge in [-0.2, -0.15) is 0 Å². The van der Waals surface area contributed by atoms with E-state index in [0.717, 1.165) is 39.1 Å². The van der Waals surface area contributed by atoms with E-state index in [2.05, 4.69) is 170 Å². The van der Waals surface area contributed by atoms with Crippen LogP contribution in [-0.4, -0.2) is 19.7 Å². The molecule has 0 bridgehead atoms. The first kappa shape index (κ1) is 24.6. The summed E-state index contributed by atoms with van der Waals surface area (Å²) in [7, 11) is 0. The molecule has 0 aliphatic carbocycles. The van der Waals surface area contributed by atoms with Crippen molar-refractivity contribution in [1.29, 1.82) is 0 Å². The van der Waals surface area contributed by atoms with Gasteiger partial charge in [0.15, 0.2) is 12.6 Å². The third-order valence-corrected chi connectivity index (χ3v) is 9.35. The maximum absolute atomic E-state index is 5.49. The summed E-state index contributed by atoms with van der Waals surface area (Å²) in [4.78, 5) is 5.49. The van der Waals surface area contributed by atoms with Crippen molar-refractivity contribution in [2.45, 2.75) is 12.6 Å². The fourth-order valence-electron chi connectivity index (χ4n) is 7.49. The van der Waals surface area contributed by atoms with Gasteiger partial charge >= 0.3 is 0 Å². The number of fused-ring (bicyclic) bond motifs is 9. The fourth-order valence-corrected chi connectivity index (χ4v) is 7.49. The van der Waals surface area contributed by atoms with Crippen LogP contribution in [0.1, 0.15) is 12.6 Å². The Morgan fingerprint density at radius 2 is 0.733 bits per heavy atom. The average Bonchev–Trinajstić information content (AvgIpc) is 3.74.